The Hall–Kier alpha value is -2.74. The molecule has 164 valence electrons. The lowest BCUT2D eigenvalue weighted by molar-refractivity contribution is -0.116. The average molecular weight is 435 g/mol. The minimum Gasteiger partial charge on any atom is -0.492 e. The van der Waals surface area contributed by atoms with E-state index in [1.54, 1.807) is 36.4 Å². The molecule has 0 atom stereocenters. The predicted molar refractivity (Wildman–Crippen MR) is 120 cm³/mol. The molecule has 1 N–H and O–H groups in total. The van der Waals surface area contributed by atoms with Crippen LogP contribution in [0.2, 0.25) is 0 Å². The van der Waals surface area contributed by atoms with E-state index < -0.39 is 10.0 Å². The molecule has 0 aliphatic heterocycles. The number of carbonyl (C=O) groups excluding carboxylic acids is 1. The first-order valence-electron chi connectivity index (χ1n) is 9.97. The largest absolute Gasteiger partial charge is 0.492 e. The van der Waals surface area contributed by atoms with Crippen molar-refractivity contribution in [3.8, 4) is 11.5 Å². The SMILES string of the molecule is CCOc1ccccc1N(CCCC(=O)Nc1ccccc1OC(C)C)S(C)(=O)=O. The van der Waals surface area contributed by atoms with E-state index in [4.69, 9.17) is 9.47 Å². The molecule has 2 aromatic carbocycles. The molecule has 8 heteroatoms. The molecule has 0 bridgehead atoms. The van der Waals surface area contributed by atoms with Gasteiger partial charge in [0.1, 0.15) is 11.5 Å². The van der Waals surface area contributed by atoms with Gasteiger partial charge in [0, 0.05) is 13.0 Å². The number of sulfonamides is 1. The lowest BCUT2D eigenvalue weighted by Crippen LogP contribution is -2.32. The van der Waals surface area contributed by atoms with E-state index in [2.05, 4.69) is 5.32 Å². The van der Waals surface area contributed by atoms with Crippen LogP contribution in [-0.2, 0) is 14.8 Å². The fourth-order valence-electron chi connectivity index (χ4n) is 2.93. The van der Waals surface area contributed by atoms with Crippen LogP contribution in [0.25, 0.3) is 0 Å². The number of hydrogen-bond acceptors (Lipinski definition) is 5. The fourth-order valence-corrected chi connectivity index (χ4v) is 3.90. The first-order chi connectivity index (χ1) is 14.2. The molecule has 7 nitrogen and oxygen atoms in total. The van der Waals surface area contributed by atoms with Crippen molar-refractivity contribution >= 4 is 27.3 Å². The first-order valence-corrected chi connectivity index (χ1v) is 11.8. The summed E-state index contributed by atoms with van der Waals surface area (Å²) in [6.45, 7) is 6.26. The van der Waals surface area contributed by atoms with Crippen LogP contribution in [-0.4, -0.2) is 39.8 Å². The lowest BCUT2D eigenvalue weighted by atomic mass is 10.2. The standard InChI is InChI=1S/C22H30N2O5S/c1-5-28-21-14-9-7-12-19(21)24(30(4,26)27)16-10-15-22(25)23-18-11-6-8-13-20(18)29-17(2)3/h6-9,11-14,17H,5,10,15-16H2,1-4H3,(H,23,25). The zero-order valence-electron chi connectivity index (χ0n) is 17.9. The van der Waals surface area contributed by atoms with Crippen molar-refractivity contribution in [2.24, 2.45) is 0 Å². The van der Waals surface area contributed by atoms with Crippen LogP contribution >= 0.6 is 0 Å². The van der Waals surface area contributed by atoms with E-state index in [0.717, 1.165) is 6.26 Å². The second-order valence-electron chi connectivity index (χ2n) is 7.05. The highest BCUT2D eigenvalue weighted by atomic mass is 32.2. The highest BCUT2D eigenvalue weighted by Gasteiger charge is 2.21. The number of amides is 1. The van der Waals surface area contributed by atoms with E-state index in [1.165, 1.54) is 4.31 Å². The van der Waals surface area contributed by atoms with Gasteiger partial charge in [-0.2, -0.15) is 0 Å². The molecule has 0 radical (unpaired) electrons. The summed E-state index contributed by atoms with van der Waals surface area (Å²) in [5.74, 6) is 0.889. The van der Waals surface area contributed by atoms with Gasteiger partial charge < -0.3 is 14.8 Å². The third kappa shape index (κ3) is 6.95. The Morgan fingerprint density at radius 1 is 1.07 bits per heavy atom. The van der Waals surface area contributed by atoms with Gasteiger partial charge in [0.05, 0.1) is 30.3 Å². The molecule has 0 saturated carbocycles. The van der Waals surface area contributed by atoms with Gasteiger partial charge in [-0.3, -0.25) is 9.10 Å². The summed E-state index contributed by atoms with van der Waals surface area (Å²) in [4.78, 5) is 12.4. The van der Waals surface area contributed by atoms with Gasteiger partial charge >= 0.3 is 0 Å². The van der Waals surface area contributed by atoms with E-state index >= 15 is 0 Å². The van der Waals surface area contributed by atoms with Gasteiger partial charge in [0.15, 0.2) is 0 Å². The van der Waals surface area contributed by atoms with Crippen molar-refractivity contribution in [1.82, 2.24) is 0 Å². The van der Waals surface area contributed by atoms with Crippen LogP contribution in [0.5, 0.6) is 11.5 Å². The van der Waals surface area contributed by atoms with Crippen LogP contribution in [0.3, 0.4) is 0 Å². The van der Waals surface area contributed by atoms with E-state index in [1.807, 2.05) is 32.9 Å². The fraction of sp³-hybridized carbons (Fsp3) is 0.409. The Balaban J connectivity index is 2.04. The van der Waals surface area contributed by atoms with Crippen molar-refractivity contribution < 1.29 is 22.7 Å². The smallest absolute Gasteiger partial charge is 0.232 e. The zero-order chi connectivity index (χ0) is 22.1. The van der Waals surface area contributed by atoms with Crippen molar-refractivity contribution in [2.45, 2.75) is 39.7 Å². The Labute approximate surface area is 179 Å². The first kappa shape index (κ1) is 23.5. The molecule has 2 aromatic rings. The van der Waals surface area contributed by atoms with Gasteiger partial charge in [0.2, 0.25) is 15.9 Å². The maximum Gasteiger partial charge on any atom is 0.232 e. The maximum absolute atomic E-state index is 12.4. The summed E-state index contributed by atoms with van der Waals surface area (Å²) in [5, 5.41) is 2.84. The molecule has 0 spiro atoms. The number of nitrogens with one attached hydrogen (secondary N) is 1. The van der Waals surface area contributed by atoms with Crippen LogP contribution in [0.1, 0.15) is 33.6 Å². The minimum atomic E-state index is -3.53. The highest BCUT2D eigenvalue weighted by Crippen LogP contribution is 2.30. The maximum atomic E-state index is 12.4. The van der Waals surface area contributed by atoms with E-state index in [9.17, 15) is 13.2 Å². The summed E-state index contributed by atoms with van der Waals surface area (Å²) in [6.07, 6.45) is 1.65. The van der Waals surface area contributed by atoms with Crippen molar-refractivity contribution in [1.29, 1.82) is 0 Å². The van der Waals surface area contributed by atoms with Crippen molar-refractivity contribution in [3.05, 3.63) is 48.5 Å². The number of ether oxygens (including phenoxy) is 2. The van der Waals surface area contributed by atoms with Gasteiger partial charge in [0.25, 0.3) is 0 Å². The zero-order valence-corrected chi connectivity index (χ0v) is 18.7. The number of hydrogen-bond donors (Lipinski definition) is 1. The molecule has 0 fully saturated rings. The topological polar surface area (TPSA) is 84.9 Å². The van der Waals surface area contributed by atoms with Gasteiger partial charge in [-0.1, -0.05) is 24.3 Å². The molecule has 1 amide bonds. The minimum absolute atomic E-state index is 0.0169. The number of para-hydroxylation sites is 4. The van der Waals surface area contributed by atoms with Gasteiger partial charge in [-0.05, 0) is 51.5 Å². The third-order valence-electron chi connectivity index (χ3n) is 4.12. The van der Waals surface area contributed by atoms with Crippen LogP contribution in [0.15, 0.2) is 48.5 Å². The Morgan fingerprint density at radius 3 is 2.33 bits per heavy atom. The molecule has 0 aliphatic carbocycles. The molecular formula is C22H30N2O5S. The molecule has 2 rings (SSSR count). The summed E-state index contributed by atoms with van der Waals surface area (Å²) in [6, 6.07) is 14.2. The van der Waals surface area contributed by atoms with Crippen LogP contribution in [0, 0.1) is 0 Å². The molecule has 30 heavy (non-hydrogen) atoms. The van der Waals surface area contributed by atoms with Gasteiger partial charge in [-0.25, -0.2) is 8.42 Å². The monoisotopic (exact) mass is 434 g/mol. The molecule has 0 aliphatic rings. The second kappa shape index (κ2) is 10.9. The molecular weight excluding hydrogens is 404 g/mol. The molecule has 0 aromatic heterocycles. The van der Waals surface area contributed by atoms with Gasteiger partial charge in [-0.15, -0.1) is 0 Å². The van der Waals surface area contributed by atoms with E-state index in [-0.39, 0.29) is 25.0 Å². The summed E-state index contributed by atoms with van der Waals surface area (Å²) in [5.41, 5.74) is 1.07. The number of anilines is 2. The van der Waals surface area contributed by atoms with Crippen molar-refractivity contribution in [3.63, 3.8) is 0 Å². The quantitative estimate of drug-likeness (QED) is 0.577. The normalized spacial score (nSPS) is 11.2. The Kier molecular flexibility index (Phi) is 8.53. The predicted octanol–water partition coefficient (Wildman–Crippen LogP) is 4.06. The Bertz CT molecular complexity index is 944. The number of benzene rings is 2. The van der Waals surface area contributed by atoms with Crippen molar-refractivity contribution in [2.75, 3.05) is 29.0 Å². The average Bonchev–Trinajstić information content (AvgIpc) is 2.66. The van der Waals surface area contributed by atoms with Crippen LogP contribution < -0.4 is 19.1 Å². The van der Waals surface area contributed by atoms with E-state index in [0.29, 0.717) is 35.9 Å². The Morgan fingerprint density at radius 2 is 1.70 bits per heavy atom. The summed E-state index contributed by atoms with van der Waals surface area (Å²) in [7, 11) is -3.53. The number of rotatable bonds is 11. The number of carbonyl (C=O) groups is 1. The summed E-state index contributed by atoms with van der Waals surface area (Å²) < 4.78 is 37.3. The van der Waals surface area contributed by atoms with Crippen LogP contribution in [0.4, 0.5) is 11.4 Å². The molecule has 0 unspecified atom stereocenters. The lowest BCUT2D eigenvalue weighted by Gasteiger charge is -2.24. The molecule has 0 saturated heterocycles. The molecule has 0 heterocycles. The highest BCUT2D eigenvalue weighted by molar-refractivity contribution is 7.92. The second-order valence-corrected chi connectivity index (χ2v) is 8.96. The number of nitrogens with zero attached hydrogens (tertiary/aromatic N) is 1. The summed E-state index contributed by atoms with van der Waals surface area (Å²) >= 11 is 0. The third-order valence-corrected chi connectivity index (χ3v) is 5.30.